The molecule has 0 saturated carbocycles. The molecule has 1 aliphatic heterocycles. The predicted octanol–water partition coefficient (Wildman–Crippen LogP) is 2.23. The maximum Gasteiger partial charge on any atom is 0.335 e. The summed E-state index contributed by atoms with van der Waals surface area (Å²) < 4.78 is 15.5. The van der Waals surface area contributed by atoms with E-state index in [1.807, 2.05) is 0 Å². The van der Waals surface area contributed by atoms with Gasteiger partial charge in [-0.15, -0.1) is 0 Å². The van der Waals surface area contributed by atoms with E-state index in [0.29, 0.717) is 22.6 Å². The first-order valence-electron chi connectivity index (χ1n) is 7.68. The molecule has 3 rings (SSSR count). The summed E-state index contributed by atoms with van der Waals surface area (Å²) in [6.45, 7) is 0.256. The SMILES string of the molecule is COc1ccc(C(=O)/C=C/c2cc(C(=O)O)cc3c2OCOC3)c([O-])c1. The van der Waals surface area contributed by atoms with Crippen LogP contribution in [0.25, 0.3) is 6.08 Å². The summed E-state index contributed by atoms with van der Waals surface area (Å²) in [7, 11) is 1.43. The molecule has 1 N–H and O–H groups in total. The Bertz CT molecular complexity index is 899. The van der Waals surface area contributed by atoms with Gasteiger partial charge in [0.15, 0.2) is 12.6 Å². The molecule has 134 valence electrons. The van der Waals surface area contributed by atoms with E-state index in [9.17, 15) is 19.8 Å². The molecule has 2 aromatic carbocycles. The Balaban J connectivity index is 1.93. The number of hydrogen-bond acceptors (Lipinski definition) is 6. The summed E-state index contributed by atoms with van der Waals surface area (Å²) in [6.07, 6.45) is 2.64. The van der Waals surface area contributed by atoms with E-state index in [2.05, 4.69) is 0 Å². The van der Waals surface area contributed by atoms with E-state index in [1.54, 1.807) is 0 Å². The summed E-state index contributed by atoms with van der Waals surface area (Å²) in [5.41, 5.74) is 1.06. The van der Waals surface area contributed by atoms with E-state index in [-0.39, 0.29) is 24.5 Å². The molecule has 7 nitrogen and oxygen atoms in total. The zero-order chi connectivity index (χ0) is 18.7. The number of ether oxygens (including phenoxy) is 3. The lowest BCUT2D eigenvalue weighted by atomic mass is 10.0. The van der Waals surface area contributed by atoms with Gasteiger partial charge in [0.2, 0.25) is 0 Å². The van der Waals surface area contributed by atoms with Gasteiger partial charge in [0.1, 0.15) is 11.5 Å². The first-order chi connectivity index (χ1) is 12.5. The molecule has 0 aliphatic carbocycles. The third-order valence-electron chi connectivity index (χ3n) is 3.85. The van der Waals surface area contributed by atoms with Crippen molar-refractivity contribution in [2.75, 3.05) is 13.9 Å². The second-order valence-corrected chi connectivity index (χ2v) is 5.53. The summed E-state index contributed by atoms with van der Waals surface area (Å²) in [6, 6.07) is 7.02. The quantitative estimate of drug-likeness (QED) is 0.647. The molecule has 0 aromatic heterocycles. The molecule has 0 fully saturated rings. The van der Waals surface area contributed by atoms with Crippen LogP contribution in [0.5, 0.6) is 17.2 Å². The molecule has 0 amide bonds. The van der Waals surface area contributed by atoms with Crippen LogP contribution < -0.4 is 14.6 Å². The fourth-order valence-corrected chi connectivity index (χ4v) is 2.58. The minimum absolute atomic E-state index is 0.00504. The Labute approximate surface area is 149 Å². The Morgan fingerprint density at radius 1 is 1.27 bits per heavy atom. The lowest BCUT2D eigenvalue weighted by Crippen LogP contribution is -2.13. The first kappa shape index (κ1) is 17.5. The lowest BCUT2D eigenvalue weighted by molar-refractivity contribution is -0.268. The number of hydrogen-bond donors (Lipinski definition) is 1. The maximum atomic E-state index is 12.3. The number of methoxy groups -OCH3 is 1. The second-order valence-electron chi connectivity index (χ2n) is 5.53. The highest BCUT2D eigenvalue weighted by atomic mass is 16.7. The van der Waals surface area contributed by atoms with E-state index in [0.717, 1.165) is 0 Å². The topological polar surface area (TPSA) is 105 Å². The standard InChI is InChI=1S/C19H16O7/c1-24-14-3-4-15(17(21)8-14)16(20)5-2-11-6-12(19(22)23)7-13-9-25-10-26-18(11)13/h2-8,21H,9-10H2,1H3,(H,22,23)/p-1/b5-2+. The van der Waals surface area contributed by atoms with Crippen LogP contribution in [0.4, 0.5) is 0 Å². The number of aromatic carboxylic acids is 1. The molecule has 0 radical (unpaired) electrons. The fraction of sp³-hybridized carbons (Fsp3) is 0.158. The molecule has 0 spiro atoms. The number of carboxylic acid groups (broad SMARTS) is 1. The predicted molar refractivity (Wildman–Crippen MR) is 89.5 cm³/mol. The molecule has 26 heavy (non-hydrogen) atoms. The van der Waals surface area contributed by atoms with Crippen molar-refractivity contribution < 1.29 is 34.0 Å². The minimum atomic E-state index is -1.10. The van der Waals surface area contributed by atoms with Crippen LogP contribution in [0.15, 0.2) is 36.4 Å². The second kappa shape index (κ2) is 7.28. The van der Waals surface area contributed by atoms with Crippen LogP contribution in [0, 0.1) is 0 Å². The van der Waals surface area contributed by atoms with Gasteiger partial charge >= 0.3 is 5.97 Å². The van der Waals surface area contributed by atoms with Crippen LogP contribution in [0.3, 0.4) is 0 Å². The van der Waals surface area contributed by atoms with Crippen molar-refractivity contribution in [1.82, 2.24) is 0 Å². The van der Waals surface area contributed by atoms with Gasteiger partial charge in [0.05, 0.1) is 19.3 Å². The normalized spacial score (nSPS) is 13.1. The highest BCUT2D eigenvalue weighted by molar-refractivity contribution is 6.08. The summed E-state index contributed by atoms with van der Waals surface area (Å²) in [5.74, 6) is -1.23. The zero-order valence-electron chi connectivity index (χ0n) is 13.9. The van der Waals surface area contributed by atoms with Gasteiger partial charge in [-0.3, -0.25) is 4.79 Å². The number of rotatable bonds is 5. The summed E-state index contributed by atoms with van der Waals surface area (Å²) >= 11 is 0. The molecule has 1 aliphatic rings. The van der Waals surface area contributed by atoms with Crippen molar-refractivity contribution in [2.24, 2.45) is 0 Å². The molecule has 0 bridgehead atoms. The number of carbonyl (C=O) groups is 2. The molecule has 7 heteroatoms. The monoisotopic (exact) mass is 355 g/mol. The van der Waals surface area contributed by atoms with Crippen LogP contribution >= 0.6 is 0 Å². The van der Waals surface area contributed by atoms with Crippen molar-refractivity contribution in [3.05, 3.63) is 58.7 Å². The van der Waals surface area contributed by atoms with Gasteiger partial charge in [0.25, 0.3) is 0 Å². The zero-order valence-corrected chi connectivity index (χ0v) is 13.9. The number of benzene rings is 2. The molecular formula is C19H15O7-. The van der Waals surface area contributed by atoms with Crippen LogP contribution in [0.2, 0.25) is 0 Å². The molecular weight excluding hydrogens is 340 g/mol. The third-order valence-corrected chi connectivity index (χ3v) is 3.85. The van der Waals surface area contributed by atoms with Gasteiger partial charge in [0, 0.05) is 16.7 Å². The van der Waals surface area contributed by atoms with Crippen LogP contribution in [-0.4, -0.2) is 30.8 Å². The van der Waals surface area contributed by atoms with Crippen molar-refractivity contribution in [2.45, 2.75) is 6.61 Å². The van der Waals surface area contributed by atoms with E-state index >= 15 is 0 Å². The van der Waals surface area contributed by atoms with E-state index in [4.69, 9.17) is 14.2 Å². The molecule has 0 saturated heterocycles. The number of ketones is 1. The van der Waals surface area contributed by atoms with E-state index < -0.39 is 17.5 Å². The highest BCUT2D eigenvalue weighted by Crippen LogP contribution is 2.31. The average molecular weight is 355 g/mol. The molecule has 2 aromatic rings. The number of carbonyl (C=O) groups excluding carboxylic acids is 1. The van der Waals surface area contributed by atoms with Gasteiger partial charge in [-0.2, -0.15) is 0 Å². The van der Waals surface area contributed by atoms with E-state index in [1.165, 1.54) is 49.6 Å². The Morgan fingerprint density at radius 2 is 2.08 bits per heavy atom. The Morgan fingerprint density at radius 3 is 2.77 bits per heavy atom. The Kier molecular flexibility index (Phi) is 4.90. The van der Waals surface area contributed by atoms with Crippen molar-refractivity contribution >= 4 is 17.8 Å². The molecule has 0 unspecified atom stereocenters. The average Bonchev–Trinajstić information content (AvgIpc) is 2.65. The van der Waals surface area contributed by atoms with Crippen LogP contribution in [-0.2, 0) is 11.3 Å². The molecule has 0 atom stereocenters. The number of fused-ring (bicyclic) bond motifs is 1. The summed E-state index contributed by atoms with van der Waals surface area (Å²) in [4.78, 5) is 23.6. The van der Waals surface area contributed by atoms with Gasteiger partial charge < -0.3 is 24.4 Å². The smallest absolute Gasteiger partial charge is 0.335 e. The van der Waals surface area contributed by atoms with Gasteiger partial charge in [-0.25, -0.2) is 4.79 Å². The Hall–Kier alpha value is -3.32. The summed E-state index contributed by atoms with van der Waals surface area (Å²) in [5, 5.41) is 21.2. The van der Waals surface area contributed by atoms with Gasteiger partial charge in [-0.05, 0) is 42.5 Å². The first-order valence-corrected chi connectivity index (χ1v) is 7.68. The molecule has 1 heterocycles. The maximum absolute atomic E-state index is 12.3. The fourth-order valence-electron chi connectivity index (χ4n) is 2.58. The third kappa shape index (κ3) is 3.52. The van der Waals surface area contributed by atoms with Crippen molar-refractivity contribution in [1.29, 1.82) is 0 Å². The highest BCUT2D eigenvalue weighted by Gasteiger charge is 2.18. The van der Waals surface area contributed by atoms with Crippen molar-refractivity contribution in [3.8, 4) is 17.2 Å². The van der Waals surface area contributed by atoms with Crippen molar-refractivity contribution in [3.63, 3.8) is 0 Å². The van der Waals surface area contributed by atoms with Crippen LogP contribution in [0.1, 0.15) is 31.8 Å². The minimum Gasteiger partial charge on any atom is -0.872 e. The largest absolute Gasteiger partial charge is 0.872 e. The number of carboxylic acids is 1. The van der Waals surface area contributed by atoms with Gasteiger partial charge in [-0.1, -0.05) is 5.75 Å². The lowest BCUT2D eigenvalue weighted by Gasteiger charge is -2.20. The number of allylic oxidation sites excluding steroid dienone is 1.